The van der Waals surface area contributed by atoms with Crippen molar-refractivity contribution in [2.24, 2.45) is 0 Å². The minimum absolute atomic E-state index is 0.0719. The minimum Gasteiger partial charge on any atom is -0.449 e. The SMILES string of the molecule is C[C@H](NC(=O)OCC1c2ccccc2-c2ccccc21)C(=O)Nc1ccc([N+](=O)[O-])cc1. The number of carbonyl (C=O) groups excluding carboxylic acids is 2. The first-order valence-electron chi connectivity index (χ1n) is 10.1. The van der Waals surface area contributed by atoms with E-state index in [1.807, 2.05) is 36.4 Å². The maximum atomic E-state index is 12.3. The average molecular weight is 431 g/mol. The van der Waals surface area contributed by atoms with Crippen LogP contribution in [0, 0.1) is 10.1 Å². The average Bonchev–Trinajstić information content (AvgIpc) is 3.12. The summed E-state index contributed by atoms with van der Waals surface area (Å²) in [4.78, 5) is 34.9. The van der Waals surface area contributed by atoms with Gasteiger partial charge in [0, 0.05) is 23.7 Å². The van der Waals surface area contributed by atoms with Crippen LogP contribution in [-0.2, 0) is 9.53 Å². The summed E-state index contributed by atoms with van der Waals surface area (Å²) in [5.74, 6) is -0.537. The first-order chi connectivity index (χ1) is 15.4. The summed E-state index contributed by atoms with van der Waals surface area (Å²) in [7, 11) is 0. The van der Waals surface area contributed by atoms with Crippen molar-refractivity contribution in [3.63, 3.8) is 0 Å². The lowest BCUT2D eigenvalue weighted by atomic mass is 9.98. The van der Waals surface area contributed by atoms with Gasteiger partial charge in [0.2, 0.25) is 5.91 Å². The van der Waals surface area contributed by atoms with Crippen LogP contribution in [0.1, 0.15) is 24.0 Å². The maximum Gasteiger partial charge on any atom is 0.407 e. The molecule has 0 bridgehead atoms. The van der Waals surface area contributed by atoms with Crippen molar-refractivity contribution in [2.45, 2.75) is 18.9 Å². The molecule has 3 aromatic carbocycles. The number of carbonyl (C=O) groups is 2. The number of amides is 2. The molecule has 2 N–H and O–H groups in total. The third-order valence-electron chi connectivity index (χ3n) is 5.42. The summed E-state index contributed by atoms with van der Waals surface area (Å²) in [5.41, 5.74) is 4.78. The van der Waals surface area contributed by atoms with E-state index in [2.05, 4.69) is 22.8 Å². The molecule has 1 aliphatic rings. The molecule has 162 valence electrons. The van der Waals surface area contributed by atoms with Crippen molar-refractivity contribution in [1.82, 2.24) is 5.32 Å². The van der Waals surface area contributed by atoms with Gasteiger partial charge >= 0.3 is 6.09 Å². The molecule has 0 heterocycles. The van der Waals surface area contributed by atoms with Crippen molar-refractivity contribution < 1.29 is 19.2 Å². The molecule has 1 aliphatic carbocycles. The number of anilines is 1. The predicted molar refractivity (Wildman–Crippen MR) is 119 cm³/mol. The molecule has 0 saturated carbocycles. The molecule has 0 radical (unpaired) electrons. The fraction of sp³-hybridized carbons (Fsp3) is 0.167. The van der Waals surface area contributed by atoms with E-state index >= 15 is 0 Å². The normalized spacial score (nSPS) is 12.9. The number of nitrogens with zero attached hydrogens (tertiary/aromatic N) is 1. The zero-order valence-corrected chi connectivity index (χ0v) is 17.3. The van der Waals surface area contributed by atoms with E-state index in [1.165, 1.54) is 31.2 Å². The van der Waals surface area contributed by atoms with Crippen molar-refractivity contribution in [3.8, 4) is 11.1 Å². The Bertz CT molecular complexity index is 1130. The number of nitrogens with one attached hydrogen (secondary N) is 2. The van der Waals surface area contributed by atoms with Crippen molar-refractivity contribution in [1.29, 1.82) is 0 Å². The van der Waals surface area contributed by atoms with Gasteiger partial charge in [0.1, 0.15) is 12.6 Å². The van der Waals surface area contributed by atoms with Gasteiger partial charge in [-0.05, 0) is 41.3 Å². The van der Waals surface area contributed by atoms with E-state index in [-0.39, 0.29) is 18.2 Å². The maximum absolute atomic E-state index is 12.3. The van der Waals surface area contributed by atoms with Crippen LogP contribution in [0.3, 0.4) is 0 Å². The zero-order valence-electron chi connectivity index (χ0n) is 17.3. The van der Waals surface area contributed by atoms with Crippen LogP contribution in [0.2, 0.25) is 0 Å². The molecule has 0 aliphatic heterocycles. The van der Waals surface area contributed by atoms with Crippen molar-refractivity contribution in [2.75, 3.05) is 11.9 Å². The smallest absolute Gasteiger partial charge is 0.407 e. The van der Waals surface area contributed by atoms with Crippen molar-refractivity contribution >= 4 is 23.4 Å². The Morgan fingerprint density at radius 1 is 0.969 bits per heavy atom. The van der Waals surface area contributed by atoms with Gasteiger partial charge in [0.15, 0.2) is 0 Å². The van der Waals surface area contributed by atoms with Gasteiger partial charge < -0.3 is 15.4 Å². The number of hydrogen-bond acceptors (Lipinski definition) is 5. The molecule has 32 heavy (non-hydrogen) atoms. The summed E-state index contributed by atoms with van der Waals surface area (Å²) >= 11 is 0. The molecule has 3 aromatic rings. The van der Waals surface area contributed by atoms with Gasteiger partial charge in [-0.1, -0.05) is 48.5 Å². The van der Waals surface area contributed by atoms with Crippen LogP contribution in [-0.4, -0.2) is 29.6 Å². The lowest BCUT2D eigenvalue weighted by Gasteiger charge is -2.17. The van der Waals surface area contributed by atoms with E-state index in [0.717, 1.165) is 22.3 Å². The van der Waals surface area contributed by atoms with Crippen LogP contribution in [0.4, 0.5) is 16.2 Å². The Balaban J connectivity index is 1.34. The van der Waals surface area contributed by atoms with Gasteiger partial charge in [-0.2, -0.15) is 0 Å². The lowest BCUT2D eigenvalue weighted by molar-refractivity contribution is -0.384. The molecule has 4 rings (SSSR count). The lowest BCUT2D eigenvalue weighted by Crippen LogP contribution is -2.42. The second kappa shape index (κ2) is 8.89. The molecule has 8 heteroatoms. The fourth-order valence-electron chi connectivity index (χ4n) is 3.80. The summed E-state index contributed by atoms with van der Waals surface area (Å²) in [6.07, 6.45) is -0.696. The molecular weight excluding hydrogens is 410 g/mol. The first kappa shape index (κ1) is 21.0. The van der Waals surface area contributed by atoms with Crippen molar-refractivity contribution in [3.05, 3.63) is 94.0 Å². The van der Waals surface area contributed by atoms with Crippen LogP contribution in [0.5, 0.6) is 0 Å². The Kier molecular flexibility index (Phi) is 5.85. The summed E-state index contributed by atoms with van der Waals surface area (Å²) < 4.78 is 5.45. The van der Waals surface area contributed by atoms with E-state index in [1.54, 1.807) is 0 Å². The van der Waals surface area contributed by atoms with Gasteiger partial charge in [-0.25, -0.2) is 4.79 Å². The molecule has 0 spiro atoms. The predicted octanol–water partition coefficient (Wildman–Crippen LogP) is 4.46. The molecule has 8 nitrogen and oxygen atoms in total. The molecule has 0 fully saturated rings. The monoisotopic (exact) mass is 431 g/mol. The Morgan fingerprint density at radius 2 is 1.53 bits per heavy atom. The molecular formula is C24H21N3O5. The largest absolute Gasteiger partial charge is 0.449 e. The molecule has 0 aromatic heterocycles. The van der Waals surface area contributed by atoms with Crippen LogP contribution in [0.25, 0.3) is 11.1 Å². The van der Waals surface area contributed by atoms with E-state index in [9.17, 15) is 19.7 Å². The Labute approximate surface area is 184 Å². The summed E-state index contributed by atoms with van der Waals surface area (Å²) in [5, 5.41) is 15.8. The Hall–Kier alpha value is -4.20. The highest BCUT2D eigenvalue weighted by Gasteiger charge is 2.29. The first-order valence-corrected chi connectivity index (χ1v) is 10.1. The van der Waals surface area contributed by atoms with E-state index < -0.39 is 23.0 Å². The topological polar surface area (TPSA) is 111 Å². The summed E-state index contributed by atoms with van der Waals surface area (Å²) in [6.45, 7) is 1.68. The molecule has 2 amide bonds. The number of ether oxygens (including phenoxy) is 1. The zero-order chi connectivity index (χ0) is 22.7. The minimum atomic E-state index is -0.860. The third-order valence-corrected chi connectivity index (χ3v) is 5.42. The fourth-order valence-corrected chi connectivity index (χ4v) is 3.80. The number of benzene rings is 3. The number of non-ortho nitro benzene ring substituents is 1. The third kappa shape index (κ3) is 4.29. The highest BCUT2D eigenvalue weighted by molar-refractivity contribution is 5.96. The summed E-state index contributed by atoms with van der Waals surface area (Å²) in [6, 6.07) is 20.6. The van der Waals surface area contributed by atoms with Crippen LogP contribution < -0.4 is 10.6 Å². The highest BCUT2D eigenvalue weighted by Crippen LogP contribution is 2.44. The number of nitro groups is 1. The highest BCUT2D eigenvalue weighted by atomic mass is 16.6. The van der Waals surface area contributed by atoms with Crippen LogP contribution in [0.15, 0.2) is 72.8 Å². The Morgan fingerprint density at radius 3 is 2.09 bits per heavy atom. The quantitative estimate of drug-likeness (QED) is 0.442. The van der Waals surface area contributed by atoms with Gasteiger partial charge in [0.25, 0.3) is 5.69 Å². The molecule has 0 saturated heterocycles. The number of nitro benzene ring substituents is 1. The number of rotatable bonds is 6. The second-order valence-electron chi connectivity index (χ2n) is 7.48. The standard InChI is InChI=1S/C24H21N3O5/c1-15(23(28)26-16-10-12-17(13-11-16)27(30)31)25-24(29)32-14-22-20-8-4-2-6-18(20)19-7-3-5-9-21(19)22/h2-13,15,22H,14H2,1H3,(H,25,29)(H,26,28)/t15-/m0/s1. The van der Waals surface area contributed by atoms with Crippen LogP contribution >= 0.6 is 0 Å². The van der Waals surface area contributed by atoms with Gasteiger partial charge in [0.05, 0.1) is 4.92 Å². The molecule has 1 atom stereocenters. The molecule has 0 unspecified atom stereocenters. The van der Waals surface area contributed by atoms with Gasteiger partial charge in [-0.15, -0.1) is 0 Å². The van der Waals surface area contributed by atoms with E-state index in [4.69, 9.17) is 4.74 Å². The van der Waals surface area contributed by atoms with Gasteiger partial charge in [-0.3, -0.25) is 14.9 Å². The number of fused-ring (bicyclic) bond motifs is 3. The number of alkyl carbamates (subject to hydrolysis) is 1. The van der Waals surface area contributed by atoms with E-state index in [0.29, 0.717) is 5.69 Å². The number of hydrogen-bond donors (Lipinski definition) is 2. The second-order valence-corrected chi connectivity index (χ2v) is 7.48.